The molecule has 1 heterocycles. The molecule has 0 bridgehead atoms. The number of hydrogen-bond donors (Lipinski definition) is 3. The Hall–Kier alpha value is -2.18. The minimum atomic E-state index is -0.543. The van der Waals surface area contributed by atoms with Crippen molar-refractivity contribution in [3.63, 3.8) is 0 Å². The molecule has 5 nitrogen and oxygen atoms in total. The number of nitrogens with two attached hydrogens (primary N) is 1. The smallest absolute Gasteiger partial charge is 0.251 e. The predicted molar refractivity (Wildman–Crippen MR) is 93.5 cm³/mol. The first kappa shape index (κ1) is 17.2. The van der Waals surface area contributed by atoms with Crippen LogP contribution in [0.4, 0.5) is 5.00 Å². The lowest BCUT2D eigenvalue weighted by atomic mass is 9.96. The van der Waals surface area contributed by atoms with Gasteiger partial charge in [-0.3, -0.25) is 9.59 Å². The van der Waals surface area contributed by atoms with Crippen molar-refractivity contribution < 1.29 is 9.59 Å². The molecule has 0 unspecified atom stereocenters. The molecule has 2 amide bonds. The Balaban J connectivity index is 1.97. The molecule has 2 rings (SSSR count). The number of carbonyl (C=O) groups excluding carboxylic acids is 2. The maximum Gasteiger partial charge on any atom is 0.251 e. The van der Waals surface area contributed by atoms with E-state index in [1.807, 2.05) is 30.3 Å². The van der Waals surface area contributed by atoms with Crippen LogP contribution in [0.5, 0.6) is 0 Å². The molecule has 0 saturated heterocycles. The van der Waals surface area contributed by atoms with Gasteiger partial charge < -0.3 is 16.4 Å². The van der Waals surface area contributed by atoms with Crippen molar-refractivity contribution in [2.45, 2.75) is 19.9 Å². The third-order valence-electron chi connectivity index (χ3n) is 3.49. The molecule has 0 saturated carbocycles. The molecule has 0 fully saturated rings. The Morgan fingerprint density at radius 3 is 2.48 bits per heavy atom. The van der Waals surface area contributed by atoms with Crippen LogP contribution >= 0.6 is 11.3 Å². The van der Waals surface area contributed by atoms with Crippen LogP contribution in [-0.2, 0) is 4.79 Å². The molecule has 23 heavy (non-hydrogen) atoms. The number of primary amides is 1. The average Bonchev–Trinajstić information content (AvgIpc) is 2.96. The topological polar surface area (TPSA) is 84.2 Å². The van der Waals surface area contributed by atoms with E-state index in [1.165, 1.54) is 11.3 Å². The number of hydrogen-bond acceptors (Lipinski definition) is 4. The second-order valence-corrected chi connectivity index (χ2v) is 6.51. The number of anilines is 1. The summed E-state index contributed by atoms with van der Waals surface area (Å²) in [6, 6.07) is 11.7. The van der Waals surface area contributed by atoms with Gasteiger partial charge in [0.15, 0.2) is 0 Å². The molecule has 1 aromatic carbocycles. The molecule has 122 valence electrons. The second-order valence-electron chi connectivity index (χ2n) is 5.59. The van der Waals surface area contributed by atoms with Crippen molar-refractivity contribution in [2.24, 2.45) is 11.7 Å². The zero-order valence-corrected chi connectivity index (χ0v) is 14.0. The van der Waals surface area contributed by atoms with E-state index in [0.29, 0.717) is 16.5 Å². The lowest BCUT2D eigenvalue weighted by Crippen LogP contribution is -2.33. The molecule has 6 heteroatoms. The maximum atomic E-state index is 12.1. The van der Waals surface area contributed by atoms with Gasteiger partial charge in [0.05, 0.1) is 12.1 Å². The van der Waals surface area contributed by atoms with Gasteiger partial charge in [0.2, 0.25) is 5.91 Å². The summed E-state index contributed by atoms with van der Waals surface area (Å²) >= 11 is 1.28. The molecule has 0 aliphatic heterocycles. The fraction of sp³-hybridized carbons (Fsp3) is 0.294. The van der Waals surface area contributed by atoms with Gasteiger partial charge in [-0.15, -0.1) is 11.3 Å². The van der Waals surface area contributed by atoms with Crippen LogP contribution in [0.3, 0.4) is 0 Å². The molecule has 4 N–H and O–H groups in total. The lowest BCUT2D eigenvalue weighted by Gasteiger charge is -2.22. The van der Waals surface area contributed by atoms with Crippen molar-refractivity contribution >= 4 is 28.2 Å². The van der Waals surface area contributed by atoms with E-state index in [-0.39, 0.29) is 18.5 Å². The largest absolute Gasteiger partial charge is 0.366 e. The Morgan fingerprint density at radius 2 is 1.87 bits per heavy atom. The van der Waals surface area contributed by atoms with Crippen LogP contribution in [0.15, 0.2) is 41.8 Å². The number of rotatable bonds is 7. The Kier molecular flexibility index (Phi) is 5.90. The van der Waals surface area contributed by atoms with Crippen LogP contribution in [0.25, 0.3) is 0 Å². The van der Waals surface area contributed by atoms with Gasteiger partial charge in [-0.2, -0.15) is 0 Å². The van der Waals surface area contributed by atoms with E-state index in [4.69, 9.17) is 5.73 Å². The molecule has 0 aliphatic rings. The summed E-state index contributed by atoms with van der Waals surface area (Å²) in [6.07, 6.45) is 0. The summed E-state index contributed by atoms with van der Waals surface area (Å²) in [6.45, 7) is 4.37. The zero-order chi connectivity index (χ0) is 16.8. The summed E-state index contributed by atoms with van der Waals surface area (Å²) in [7, 11) is 0. The first-order valence-corrected chi connectivity index (χ1v) is 8.32. The minimum absolute atomic E-state index is 0.0842. The van der Waals surface area contributed by atoms with Crippen molar-refractivity contribution in [3.8, 4) is 0 Å². The standard InChI is InChI=1S/C17H21N3O2S/c1-11(2)15(12-6-4-3-5-7-12)19-10-14(21)20-17-13(16(18)22)8-9-23-17/h3-9,11,15,19H,10H2,1-2H3,(H2,18,22)(H,20,21)/t15-/m0/s1. The quantitative estimate of drug-likeness (QED) is 0.729. The van der Waals surface area contributed by atoms with E-state index in [0.717, 1.165) is 5.56 Å². The summed E-state index contributed by atoms with van der Waals surface area (Å²) in [4.78, 5) is 23.4. The average molecular weight is 331 g/mol. The van der Waals surface area contributed by atoms with Crippen molar-refractivity contribution in [1.29, 1.82) is 0 Å². The first-order valence-electron chi connectivity index (χ1n) is 7.44. The highest BCUT2D eigenvalue weighted by Gasteiger charge is 2.17. The van der Waals surface area contributed by atoms with Crippen molar-refractivity contribution in [1.82, 2.24) is 5.32 Å². The SMILES string of the molecule is CC(C)[C@H](NCC(=O)Nc1sccc1C(N)=O)c1ccccc1. The minimum Gasteiger partial charge on any atom is -0.366 e. The first-order chi connectivity index (χ1) is 11.0. The van der Waals surface area contributed by atoms with Crippen LogP contribution in [0.2, 0.25) is 0 Å². The van der Waals surface area contributed by atoms with Gasteiger partial charge >= 0.3 is 0 Å². The Labute approximate surface area is 139 Å². The predicted octanol–water partition coefficient (Wildman–Crippen LogP) is 2.77. The number of nitrogens with one attached hydrogen (secondary N) is 2. The van der Waals surface area contributed by atoms with E-state index in [9.17, 15) is 9.59 Å². The van der Waals surface area contributed by atoms with Gasteiger partial charge in [-0.1, -0.05) is 44.2 Å². The third kappa shape index (κ3) is 4.64. The van der Waals surface area contributed by atoms with Gasteiger partial charge in [0.25, 0.3) is 5.91 Å². The monoisotopic (exact) mass is 331 g/mol. The number of thiophene rings is 1. The summed E-state index contributed by atoms with van der Waals surface area (Å²) in [5, 5.41) is 8.22. The summed E-state index contributed by atoms with van der Waals surface area (Å²) < 4.78 is 0. The van der Waals surface area contributed by atoms with E-state index in [1.54, 1.807) is 11.4 Å². The van der Waals surface area contributed by atoms with E-state index >= 15 is 0 Å². The van der Waals surface area contributed by atoms with Crippen molar-refractivity contribution in [2.75, 3.05) is 11.9 Å². The summed E-state index contributed by atoms with van der Waals surface area (Å²) in [5.74, 6) is -0.400. The number of carbonyl (C=O) groups is 2. The summed E-state index contributed by atoms with van der Waals surface area (Å²) in [5.41, 5.74) is 6.76. The van der Waals surface area contributed by atoms with Crippen LogP contribution in [0.1, 0.15) is 35.8 Å². The number of amides is 2. The molecule has 0 radical (unpaired) electrons. The van der Waals surface area contributed by atoms with Gasteiger partial charge in [0.1, 0.15) is 5.00 Å². The van der Waals surface area contributed by atoms with Crippen molar-refractivity contribution in [3.05, 3.63) is 52.9 Å². The Bertz CT molecular complexity index is 667. The van der Waals surface area contributed by atoms with Crippen LogP contribution < -0.4 is 16.4 Å². The normalized spacial score (nSPS) is 12.1. The molecule has 1 atom stereocenters. The third-order valence-corrected chi connectivity index (χ3v) is 4.32. The highest BCUT2D eigenvalue weighted by Crippen LogP contribution is 2.23. The number of benzene rings is 1. The highest BCUT2D eigenvalue weighted by molar-refractivity contribution is 7.14. The molecular formula is C17H21N3O2S. The van der Waals surface area contributed by atoms with Gasteiger partial charge in [0, 0.05) is 6.04 Å². The lowest BCUT2D eigenvalue weighted by molar-refractivity contribution is -0.115. The van der Waals surface area contributed by atoms with Gasteiger partial charge in [-0.25, -0.2) is 0 Å². The molecule has 0 spiro atoms. The molecule has 2 aromatic rings. The second kappa shape index (κ2) is 7.89. The zero-order valence-electron chi connectivity index (χ0n) is 13.2. The highest BCUT2D eigenvalue weighted by atomic mass is 32.1. The Morgan fingerprint density at radius 1 is 1.17 bits per heavy atom. The van der Waals surface area contributed by atoms with Gasteiger partial charge in [-0.05, 0) is 22.9 Å². The molecule has 1 aromatic heterocycles. The molecule has 0 aliphatic carbocycles. The molecular weight excluding hydrogens is 310 g/mol. The fourth-order valence-electron chi connectivity index (χ4n) is 2.37. The van der Waals surface area contributed by atoms with Crippen LogP contribution in [-0.4, -0.2) is 18.4 Å². The maximum absolute atomic E-state index is 12.1. The van der Waals surface area contributed by atoms with E-state index < -0.39 is 5.91 Å². The van der Waals surface area contributed by atoms with Crippen LogP contribution in [0, 0.1) is 5.92 Å². The fourth-order valence-corrected chi connectivity index (χ4v) is 3.18. The van der Waals surface area contributed by atoms with E-state index in [2.05, 4.69) is 24.5 Å².